The normalized spacial score (nSPS) is 10.7. The van der Waals surface area contributed by atoms with E-state index >= 15 is 0 Å². The van der Waals surface area contributed by atoms with Crippen molar-refractivity contribution in [1.82, 2.24) is 10.3 Å². The van der Waals surface area contributed by atoms with Gasteiger partial charge in [0.1, 0.15) is 5.75 Å². The summed E-state index contributed by atoms with van der Waals surface area (Å²) in [6.07, 6.45) is 3.21. The highest BCUT2D eigenvalue weighted by atomic mass is 79.9. The minimum absolute atomic E-state index is 0.176. The average molecular weight is 361 g/mol. The summed E-state index contributed by atoms with van der Waals surface area (Å²) in [5.41, 5.74) is 2.60. The van der Waals surface area contributed by atoms with E-state index in [1.165, 1.54) is 6.08 Å². The van der Waals surface area contributed by atoms with E-state index in [-0.39, 0.29) is 5.91 Å². The number of halogens is 1. The molecule has 2 aromatic rings. The van der Waals surface area contributed by atoms with Crippen molar-refractivity contribution in [2.75, 3.05) is 7.11 Å². The third kappa shape index (κ3) is 4.70. The van der Waals surface area contributed by atoms with Gasteiger partial charge in [0.15, 0.2) is 0 Å². The minimum atomic E-state index is -0.176. The first-order valence-corrected chi connectivity index (χ1v) is 7.60. The molecule has 0 aliphatic heterocycles. The second kappa shape index (κ2) is 7.75. The first-order valence-electron chi connectivity index (χ1n) is 6.80. The van der Waals surface area contributed by atoms with E-state index in [1.807, 2.05) is 43.3 Å². The zero-order valence-electron chi connectivity index (χ0n) is 12.5. The summed E-state index contributed by atoms with van der Waals surface area (Å²) in [5.74, 6) is 0.540. The smallest absolute Gasteiger partial charge is 0.244 e. The van der Waals surface area contributed by atoms with Crippen LogP contribution >= 0.6 is 15.9 Å². The van der Waals surface area contributed by atoms with E-state index in [1.54, 1.807) is 13.2 Å². The maximum Gasteiger partial charge on any atom is 0.244 e. The van der Waals surface area contributed by atoms with Crippen LogP contribution < -0.4 is 10.1 Å². The SMILES string of the molecule is COc1ccc(Br)cc1/C=C/C(=O)NCc1cccc(C)n1. The molecular formula is C17H17BrN2O2. The van der Waals surface area contributed by atoms with Gasteiger partial charge in [-0.05, 0) is 43.3 Å². The number of aryl methyl sites for hydroxylation is 1. The lowest BCUT2D eigenvalue weighted by Gasteiger charge is -2.05. The summed E-state index contributed by atoms with van der Waals surface area (Å²) >= 11 is 3.40. The fourth-order valence-corrected chi connectivity index (χ4v) is 2.31. The van der Waals surface area contributed by atoms with Crippen LogP contribution in [0.2, 0.25) is 0 Å². The monoisotopic (exact) mass is 360 g/mol. The zero-order chi connectivity index (χ0) is 15.9. The molecule has 0 spiro atoms. The van der Waals surface area contributed by atoms with Crippen molar-refractivity contribution in [3.63, 3.8) is 0 Å². The van der Waals surface area contributed by atoms with Gasteiger partial charge in [-0.1, -0.05) is 22.0 Å². The van der Waals surface area contributed by atoms with Crippen molar-refractivity contribution in [2.45, 2.75) is 13.5 Å². The molecule has 1 heterocycles. The van der Waals surface area contributed by atoms with Crippen molar-refractivity contribution in [2.24, 2.45) is 0 Å². The molecule has 1 aromatic heterocycles. The fourth-order valence-electron chi connectivity index (χ4n) is 1.94. The molecule has 0 fully saturated rings. The molecular weight excluding hydrogens is 344 g/mol. The van der Waals surface area contributed by atoms with Gasteiger partial charge in [0.2, 0.25) is 5.91 Å². The van der Waals surface area contributed by atoms with Gasteiger partial charge in [-0.2, -0.15) is 0 Å². The number of carbonyl (C=O) groups is 1. The standard InChI is InChI=1S/C17H17BrN2O2/c1-12-4-3-5-15(20-12)11-19-17(21)9-6-13-10-14(18)7-8-16(13)22-2/h3-10H,11H2,1-2H3,(H,19,21)/b9-6+. The highest BCUT2D eigenvalue weighted by Gasteiger charge is 2.02. The van der Waals surface area contributed by atoms with E-state index < -0.39 is 0 Å². The van der Waals surface area contributed by atoms with Crippen LogP contribution in [0.5, 0.6) is 5.75 Å². The molecule has 22 heavy (non-hydrogen) atoms. The Morgan fingerprint density at radius 3 is 2.91 bits per heavy atom. The molecule has 0 bridgehead atoms. The first kappa shape index (κ1) is 16.2. The molecule has 4 nitrogen and oxygen atoms in total. The highest BCUT2D eigenvalue weighted by molar-refractivity contribution is 9.10. The molecule has 0 saturated carbocycles. The maximum absolute atomic E-state index is 11.9. The molecule has 1 N–H and O–H groups in total. The Kier molecular flexibility index (Phi) is 5.72. The van der Waals surface area contributed by atoms with Crippen LogP contribution in [-0.4, -0.2) is 18.0 Å². The lowest BCUT2D eigenvalue weighted by Crippen LogP contribution is -2.20. The lowest BCUT2D eigenvalue weighted by molar-refractivity contribution is -0.116. The van der Waals surface area contributed by atoms with E-state index in [0.29, 0.717) is 12.3 Å². The number of pyridine rings is 1. The summed E-state index contributed by atoms with van der Waals surface area (Å²) in [7, 11) is 1.60. The van der Waals surface area contributed by atoms with E-state index in [2.05, 4.69) is 26.2 Å². The first-order chi connectivity index (χ1) is 10.6. The van der Waals surface area contributed by atoms with Gasteiger partial charge < -0.3 is 10.1 Å². The second-order valence-corrected chi connectivity index (χ2v) is 5.62. The van der Waals surface area contributed by atoms with Crippen molar-refractivity contribution >= 4 is 27.9 Å². The Balaban J connectivity index is 1.98. The Hall–Kier alpha value is -2.14. The Morgan fingerprint density at radius 1 is 1.36 bits per heavy atom. The largest absolute Gasteiger partial charge is 0.496 e. The molecule has 0 aliphatic rings. The molecule has 114 valence electrons. The summed E-state index contributed by atoms with van der Waals surface area (Å²) < 4.78 is 6.19. The number of benzene rings is 1. The van der Waals surface area contributed by atoms with Crippen LogP contribution in [0.3, 0.4) is 0 Å². The highest BCUT2D eigenvalue weighted by Crippen LogP contribution is 2.23. The number of hydrogen-bond acceptors (Lipinski definition) is 3. The lowest BCUT2D eigenvalue weighted by atomic mass is 10.2. The van der Waals surface area contributed by atoms with Gasteiger partial charge in [0.25, 0.3) is 0 Å². The molecule has 5 heteroatoms. The second-order valence-electron chi connectivity index (χ2n) is 4.71. The number of hydrogen-bond donors (Lipinski definition) is 1. The molecule has 1 amide bonds. The zero-order valence-corrected chi connectivity index (χ0v) is 14.1. The Morgan fingerprint density at radius 2 is 2.18 bits per heavy atom. The number of carbonyl (C=O) groups excluding carboxylic acids is 1. The summed E-state index contributed by atoms with van der Waals surface area (Å²) in [5, 5.41) is 2.81. The van der Waals surface area contributed by atoms with Gasteiger partial charge in [-0.3, -0.25) is 9.78 Å². The van der Waals surface area contributed by atoms with E-state index in [9.17, 15) is 4.79 Å². The van der Waals surface area contributed by atoms with E-state index in [4.69, 9.17) is 4.74 Å². The number of amides is 1. The molecule has 0 radical (unpaired) electrons. The molecule has 0 atom stereocenters. The predicted octanol–water partition coefficient (Wildman–Crippen LogP) is 3.49. The summed E-state index contributed by atoms with van der Waals surface area (Å²) in [6.45, 7) is 2.32. The predicted molar refractivity (Wildman–Crippen MR) is 90.5 cm³/mol. The van der Waals surface area contributed by atoms with Crippen LogP contribution in [0.4, 0.5) is 0 Å². The number of aromatic nitrogens is 1. The molecule has 0 aliphatic carbocycles. The molecule has 1 aromatic carbocycles. The van der Waals surface area contributed by atoms with Crippen molar-refractivity contribution < 1.29 is 9.53 Å². The Bertz CT molecular complexity index is 699. The van der Waals surface area contributed by atoms with Crippen LogP contribution in [-0.2, 0) is 11.3 Å². The fraction of sp³-hybridized carbons (Fsp3) is 0.176. The molecule has 2 rings (SSSR count). The van der Waals surface area contributed by atoms with Crippen molar-refractivity contribution in [3.05, 3.63) is 63.9 Å². The van der Waals surface area contributed by atoms with Gasteiger partial charge >= 0.3 is 0 Å². The number of ether oxygens (including phenoxy) is 1. The van der Waals surface area contributed by atoms with Crippen molar-refractivity contribution in [3.8, 4) is 5.75 Å². The molecule has 0 saturated heterocycles. The topological polar surface area (TPSA) is 51.2 Å². The summed E-state index contributed by atoms with van der Waals surface area (Å²) in [4.78, 5) is 16.2. The van der Waals surface area contributed by atoms with Gasteiger partial charge in [0.05, 0.1) is 19.3 Å². The van der Waals surface area contributed by atoms with Gasteiger partial charge in [-0.15, -0.1) is 0 Å². The third-order valence-electron chi connectivity index (χ3n) is 3.00. The Labute approximate surface area is 138 Å². The summed E-state index contributed by atoms with van der Waals surface area (Å²) in [6, 6.07) is 11.4. The van der Waals surface area contributed by atoms with Crippen LogP contribution in [0, 0.1) is 6.92 Å². The van der Waals surface area contributed by atoms with Gasteiger partial charge in [-0.25, -0.2) is 0 Å². The number of methoxy groups -OCH3 is 1. The molecule has 0 unspecified atom stereocenters. The number of rotatable bonds is 5. The quantitative estimate of drug-likeness (QED) is 0.830. The average Bonchev–Trinajstić information content (AvgIpc) is 2.51. The van der Waals surface area contributed by atoms with Crippen LogP contribution in [0.25, 0.3) is 6.08 Å². The number of nitrogens with one attached hydrogen (secondary N) is 1. The van der Waals surface area contributed by atoms with E-state index in [0.717, 1.165) is 21.4 Å². The maximum atomic E-state index is 11.9. The van der Waals surface area contributed by atoms with Crippen LogP contribution in [0.15, 0.2) is 46.9 Å². The minimum Gasteiger partial charge on any atom is -0.496 e. The third-order valence-corrected chi connectivity index (χ3v) is 3.49. The number of nitrogens with zero attached hydrogens (tertiary/aromatic N) is 1. The van der Waals surface area contributed by atoms with Crippen LogP contribution in [0.1, 0.15) is 17.0 Å². The van der Waals surface area contributed by atoms with Gasteiger partial charge in [0, 0.05) is 21.8 Å². The van der Waals surface area contributed by atoms with Crippen molar-refractivity contribution in [1.29, 1.82) is 0 Å².